The van der Waals surface area contributed by atoms with Crippen LogP contribution in [0.1, 0.15) is 49.4 Å². The van der Waals surface area contributed by atoms with Crippen LogP contribution >= 0.6 is 22.9 Å². The normalized spacial score (nSPS) is 16.9. The van der Waals surface area contributed by atoms with E-state index in [1.807, 2.05) is 54.6 Å². The number of amides is 1. The summed E-state index contributed by atoms with van der Waals surface area (Å²) in [6.45, 7) is 4.46. The van der Waals surface area contributed by atoms with E-state index in [-0.39, 0.29) is 22.6 Å². The van der Waals surface area contributed by atoms with Crippen molar-refractivity contribution in [3.05, 3.63) is 120 Å². The molecule has 1 atom stereocenters. The quantitative estimate of drug-likeness (QED) is 0.253. The molecular weight excluding hydrogens is 598 g/mol. The van der Waals surface area contributed by atoms with Crippen LogP contribution in [0.5, 0.6) is 5.75 Å². The molecule has 224 valence electrons. The monoisotopic (exact) mass is 627 g/mol. The Kier molecular flexibility index (Phi) is 8.25. The summed E-state index contributed by atoms with van der Waals surface area (Å²) in [4.78, 5) is 49.3. The molecule has 44 heavy (non-hydrogen) atoms. The molecule has 0 aliphatic carbocycles. The first-order valence-electron chi connectivity index (χ1n) is 14.4. The summed E-state index contributed by atoms with van der Waals surface area (Å²) >= 11 is 7.63. The Morgan fingerprint density at radius 1 is 1.02 bits per heavy atom. The van der Waals surface area contributed by atoms with Crippen molar-refractivity contribution in [3.63, 3.8) is 0 Å². The molecule has 0 unspecified atom stereocenters. The van der Waals surface area contributed by atoms with Gasteiger partial charge in [0, 0.05) is 28.3 Å². The van der Waals surface area contributed by atoms with Crippen molar-refractivity contribution in [2.24, 2.45) is 4.99 Å². The first kappa shape index (κ1) is 29.6. The fourth-order valence-corrected chi connectivity index (χ4v) is 7.01. The molecule has 4 aromatic rings. The van der Waals surface area contributed by atoms with Crippen LogP contribution in [-0.2, 0) is 14.3 Å². The Balaban J connectivity index is 1.72. The standard InChI is InChI=1S/C34H30ClN3O5S/c1-4-6-18-37-24-15-11-10-14-22(24)26(31(37)39)30-32(40)38-29(23-19-21(35)16-17-25(23)42-3)27(33(41)43-5-2)28(36-34(38)44-30)20-12-8-7-9-13-20/h7-17,19,29H,4-6,18H2,1-3H3/b30-26-/t29-/m0/s1. The van der Waals surface area contributed by atoms with Gasteiger partial charge in [-0.2, -0.15) is 0 Å². The average molecular weight is 628 g/mol. The number of fused-ring (bicyclic) bond motifs is 2. The van der Waals surface area contributed by atoms with Crippen LogP contribution in [0.2, 0.25) is 5.02 Å². The van der Waals surface area contributed by atoms with Gasteiger partial charge in [-0.15, -0.1) is 0 Å². The maximum absolute atomic E-state index is 14.6. The van der Waals surface area contributed by atoms with E-state index in [0.717, 1.165) is 29.9 Å². The molecule has 0 N–H and O–H groups in total. The van der Waals surface area contributed by atoms with Crippen LogP contribution in [0.3, 0.4) is 0 Å². The van der Waals surface area contributed by atoms with Gasteiger partial charge in [-0.25, -0.2) is 9.79 Å². The van der Waals surface area contributed by atoms with E-state index >= 15 is 0 Å². The number of carbonyl (C=O) groups excluding carboxylic acids is 2. The molecule has 2 aliphatic heterocycles. The number of benzene rings is 3. The highest BCUT2D eigenvalue weighted by Crippen LogP contribution is 2.40. The molecule has 3 heterocycles. The lowest BCUT2D eigenvalue weighted by molar-refractivity contribution is -0.138. The molecule has 3 aromatic carbocycles. The number of unbranched alkanes of at least 4 members (excludes halogenated alkanes) is 1. The SMILES string of the molecule is CCCCN1C(=O)/C(=c2\sc3n(c2=O)[C@@H](c2cc(Cl)ccc2OC)C(C(=O)OCC)=C(c2ccccc2)N=3)c2ccccc21. The van der Waals surface area contributed by atoms with Gasteiger partial charge in [0.15, 0.2) is 4.80 Å². The molecule has 2 aliphatic rings. The van der Waals surface area contributed by atoms with Crippen molar-refractivity contribution in [3.8, 4) is 5.75 Å². The minimum Gasteiger partial charge on any atom is -0.496 e. The summed E-state index contributed by atoms with van der Waals surface area (Å²) in [5.74, 6) is -0.412. The van der Waals surface area contributed by atoms with Crippen molar-refractivity contribution in [2.45, 2.75) is 32.7 Å². The third-order valence-electron chi connectivity index (χ3n) is 7.72. The van der Waals surface area contributed by atoms with Crippen LogP contribution < -0.4 is 24.5 Å². The maximum Gasteiger partial charge on any atom is 0.338 e. The van der Waals surface area contributed by atoms with E-state index < -0.39 is 17.6 Å². The number of halogens is 1. The molecule has 0 saturated heterocycles. The lowest BCUT2D eigenvalue weighted by atomic mass is 9.92. The van der Waals surface area contributed by atoms with Gasteiger partial charge >= 0.3 is 5.97 Å². The second-order valence-corrected chi connectivity index (χ2v) is 11.8. The summed E-state index contributed by atoms with van der Waals surface area (Å²) in [5, 5.41) is 0.402. The minimum absolute atomic E-state index is 0.122. The summed E-state index contributed by atoms with van der Waals surface area (Å²) in [7, 11) is 1.52. The van der Waals surface area contributed by atoms with Crippen LogP contribution in [0.25, 0.3) is 11.3 Å². The molecule has 8 nitrogen and oxygen atoms in total. The van der Waals surface area contributed by atoms with Crippen molar-refractivity contribution < 1.29 is 19.1 Å². The van der Waals surface area contributed by atoms with Gasteiger partial charge < -0.3 is 14.4 Å². The first-order valence-corrected chi connectivity index (χ1v) is 15.6. The molecule has 0 saturated carbocycles. The molecular formula is C34H30ClN3O5S. The van der Waals surface area contributed by atoms with Crippen LogP contribution in [0, 0.1) is 0 Å². The van der Waals surface area contributed by atoms with E-state index in [1.54, 1.807) is 30.0 Å². The lowest BCUT2D eigenvalue weighted by Crippen LogP contribution is -2.41. The van der Waals surface area contributed by atoms with Gasteiger partial charge in [-0.3, -0.25) is 14.2 Å². The second kappa shape index (κ2) is 12.3. The third kappa shape index (κ3) is 4.96. The number of thiazole rings is 1. The summed E-state index contributed by atoms with van der Waals surface area (Å²) in [6.07, 6.45) is 1.75. The van der Waals surface area contributed by atoms with Gasteiger partial charge in [0.25, 0.3) is 11.5 Å². The highest BCUT2D eigenvalue weighted by atomic mass is 35.5. The number of hydrogen-bond acceptors (Lipinski definition) is 7. The van der Waals surface area contributed by atoms with Crippen molar-refractivity contribution >= 4 is 51.8 Å². The predicted octanol–water partition coefficient (Wildman–Crippen LogP) is 5.11. The van der Waals surface area contributed by atoms with Gasteiger partial charge in [-0.05, 0) is 37.6 Å². The van der Waals surface area contributed by atoms with Gasteiger partial charge in [-0.1, -0.05) is 84.8 Å². The predicted molar refractivity (Wildman–Crippen MR) is 172 cm³/mol. The number of rotatable bonds is 8. The molecule has 6 rings (SSSR count). The molecule has 0 bridgehead atoms. The minimum atomic E-state index is -0.994. The molecule has 0 radical (unpaired) electrons. The average Bonchev–Trinajstić information content (AvgIpc) is 3.51. The van der Waals surface area contributed by atoms with Crippen molar-refractivity contribution in [2.75, 3.05) is 25.2 Å². The Labute approximate surface area is 263 Å². The van der Waals surface area contributed by atoms with Crippen molar-refractivity contribution in [1.82, 2.24) is 4.57 Å². The number of hydrogen-bond donors (Lipinski definition) is 0. The number of nitrogens with zero attached hydrogens (tertiary/aromatic N) is 3. The number of para-hydroxylation sites is 1. The lowest BCUT2D eigenvalue weighted by Gasteiger charge is -2.27. The maximum atomic E-state index is 14.6. The number of ether oxygens (including phenoxy) is 2. The zero-order valence-electron chi connectivity index (χ0n) is 24.5. The Hall–Kier alpha value is -4.47. The molecule has 1 aromatic heterocycles. The highest BCUT2D eigenvalue weighted by molar-refractivity contribution is 7.07. The molecule has 0 fully saturated rings. The first-order chi connectivity index (χ1) is 21.4. The molecule has 1 amide bonds. The summed E-state index contributed by atoms with van der Waals surface area (Å²) < 4.78 is 13.0. The Morgan fingerprint density at radius 2 is 1.77 bits per heavy atom. The van der Waals surface area contributed by atoms with Gasteiger partial charge in [0.05, 0.1) is 36.2 Å². The fraction of sp³-hybridized carbons (Fsp3) is 0.235. The number of carbonyl (C=O) groups is 2. The summed E-state index contributed by atoms with van der Waals surface area (Å²) in [6, 6.07) is 20.9. The number of anilines is 1. The fourth-order valence-electron chi connectivity index (χ4n) is 5.74. The van der Waals surface area contributed by atoms with E-state index in [0.29, 0.717) is 50.1 Å². The van der Waals surface area contributed by atoms with E-state index in [4.69, 9.17) is 26.1 Å². The number of aromatic nitrogens is 1. The van der Waals surface area contributed by atoms with Crippen molar-refractivity contribution in [1.29, 1.82) is 0 Å². The zero-order valence-corrected chi connectivity index (χ0v) is 26.1. The molecule has 0 spiro atoms. The highest BCUT2D eigenvalue weighted by Gasteiger charge is 2.39. The smallest absolute Gasteiger partial charge is 0.338 e. The second-order valence-electron chi connectivity index (χ2n) is 10.3. The number of methoxy groups -OCH3 is 1. The van der Waals surface area contributed by atoms with E-state index in [2.05, 4.69) is 6.92 Å². The largest absolute Gasteiger partial charge is 0.496 e. The number of esters is 1. The Bertz CT molecular complexity index is 2000. The Morgan fingerprint density at radius 3 is 2.50 bits per heavy atom. The van der Waals surface area contributed by atoms with Gasteiger partial charge in [0.2, 0.25) is 0 Å². The zero-order chi connectivity index (χ0) is 31.0. The van der Waals surface area contributed by atoms with E-state index in [1.165, 1.54) is 11.7 Å². The van der Waals surface area contributed by atoms with Crippen LogP contribution in [-0.4, -0.2) is 36.7 Å². The summed E-state index contributed by atoms with van der Waals surface area (Å²) in [5.41, 5.74) is 3.08. The van der Waals surface area contributed by atoms with Gasteiger partial charge in [0.1, 0.15) is 16.3 Å². The molecule has 10 heteroatoms. The van der Waals surface area contributed by atoms with E-state index in [9.17, 15) is 14.4 Å². The van der Waals surface area contributed by atoms with Crippen LogP contribution in [0.4, 0.5) is 5.69 Å². The van der Waals surface area contributed by atoms with Crippen LogP contribution in [0.15, 0.2) is 88.2 Å². The topological polar surface area (TPSA) is 90.2 Å². The third-order valence-corrected chi connectivity index (χ3v) is 9.01.